The molecule has 0 aliphatic carbocycles. The second-order valence-corrected chi connectivity index (χ2v) is 3.28. The lowest BCUT2D eigenvalue weighted by Crippen LogP contribution is -2.35. The molecule has 0 saturated carbocycles. The fraction of sp³-hybridized carbons (Fsp3) is 0.364. The summed E-state index contributed by atoms with van der Waals surface area (Å²) in [5.41, 5.74) is 0.622. The van der Waals surface area contributed by atoms with Crippen LogP contribution >= 0.6 is 24.0 Å². The molecule has 3 nitrogen and oxygen atoms in total. The summed E-state index contributed by atoms with van der Waals surface area (Å²) in [5, 5.41) is 5.85. The summed E-state index contributed by atoms with van der Waals surface area (Å²) in [6, 6.07) is 3.52. The van der Waals surface area contributed by atoms with Gasteiger partial charge in [-0.1, -0.05) is 0 Å². The molecule has 0 spiro atoms. The number of nitrogens with one attached hydrogen (secondary N) is 2. The molecule has 1 aromatic rings. The minimum Gasteiger partial charge on any atom is -0.359 e. The van der Waals surface area contributed by atoms with Crippen molar-refractivity contribution < 1.29 is 8.78 Å². The minimum atomic E-state index is -0.548. The Bertz CT molecular complexity index is 363. The van der Waals surface area contributed by atoms with Crippen LogP contribution < -0.4 is 10.6 Å². The van der Waals surface area contributed by atoms with Crippen LogP contribution in [0, 0.1) is 11.6 Å². The Hall–Kier alpha value is -0.920. The Balaban J connectivity index is 0.00000256. The largest absolute Gasteiger partial charge is 0.359 e. The highest BCUT2D eigenvalue weighted by molar-refractivity contribution is 14.0. The molecule has 1 aromatic carbocycles. The van der Waals surface area contributed by atoms with Gasteiger partial charge >= 0.3 is 0 Å². The standard InChI is InChI=1S/C11H15F2N3.HI/c1-14-11(15-2)16-4-3-8-5-9(12)7-10(13)6-8;/h5-7H,3-4H2,1-2H3,(H2,14,15,16);1H. The second kappa shape index (κ2) is 8.21. The fourth-order valence-corrected chi connectivity index (χ4v) is 1.36. The Labute approximate surface area is 117 Å². The van der Waals surface area contributed by atoms with E-state index < -0.39 is 11.6 Å². The molecule has 96 valence electrons. The highest BCUT2D eigenvalue weighted by Crippen LogP contribution is 2.07. The van der Waals surface area contributed by atoms with Crippen LogP contribution in [0.25, 0.3) is 0 Å². The Morgan fingerprint density at radius 2 is 1.82 bits per heavy atom. The van der Waals surface area contributed by atoms with E-state index in [9.17, 15) is 8.78 Å². The zero-order valence-corrected chi connectivity index (χ0v) is 12.1. The van der Waals surface area contributed by atoms with Crippen molar-refractivity contribution in [2.45, 2.75) is 6.42 Å². The summed E-state index contributed by atoms with van der Waals surface area (Å²) in [7, 11) is 3.40. The van der Waals surface area contributed by atoms with Crippen LogP contribution in [0.1, 0.15) is 5.56 Å². The third-order valence-electron chi connectivity index (χ3n) is 2.09. The van der Waals surface area contributed by atoms with Crippen molar-refractivity contribution in [3.8, 4) is 0 Å². The van der Waals surface area contributed by atoms with Crippen molar-refractivity contribution in [3.05, 3.63) is 35.4 Å². The summed E-state index contributed by atoms with van der Waals surface area (Å²) in [4.78, 5) is 3.92. The number of rotatable bonds is 3. The maximum atomic E-state index is 12.8. The monoisotopic (exact) mass is 355 g/mol. The fourth-order valence-electron chi connectivity index (χ4n) is 1.36. The Morgan fingerprint density at radius 1 is 1.24 bits per heavy atom. The maximum absolute atomic E-state index is 12.8. The average molecular weight is 355 g/mol. The van der Waals surface area contributed by atoms with Crippen molar-refractivity contribution >= 4 is 29.9 Å². The topological polar surface area (TPSA) is 36.4 Å². The minimum absolute atomic E-state index is 0. The molecule has 17 heavy (non-hydrogen) atoms. The molecule has 0 radical (unpaired) electrons. The predicted molar refractivity (Wildman–Crippen MR) is 75.9 cm³/mol. The van der Waals surface area contributed by atoms with Crippen LogP contribution in [0.5, 0.6) is 0 Å². The summed E-state index contributed by atoms with van der Waals surface area (Å²) < 4.78 is 25.7. The first-order chi connectivity index (χ1) is 7.65. The number of hydrogen-bond donors (Lipinski definition) is 2. The van der Waals surface area contributed by atoms with Crippen molar-refractivity contribution in [3.63, 3.8) is 0 Å². The SMILES string of the molecule is CN=C(NC)NCCc1cc(F)cc(F)c1.I. The van der Waals surface area contributed by atoms with E-state index >= 15 is 0 Å². The van der Waals surface area contributed by atoms with Gasteiger partial charge in [0.25, 0.3) is 0 Å². The molecule has 2 N–H and O–H groups in total. The molecule has 0 atom stereocenters. The van der Waals surface area contributed by atoms with Gasteiger partial charge in [0.05, 0.1) is 0 Å². The smallest absolute Gasteiger partial charge is 0.190 e. The lowest BCUT2D eigenvalue weighted by atomic mass is 10.1. The third kappa shape index (κ3) is 5.81. The van der Waals surface area contributed by atoms with E-state index in [2.05, 4.69) is 15.6 Å². The molecular weight excluding hydrogens is 339 g/mol. The van der Waals surface area contributed by atoms with E-state index in [1.165, 1.54) is 12.1 Å². The van der Waals surface area contributed by atoms with Crippen molar-refractivity contribution in [2.24, 2.45) is 4.99 Å². The van der Waals surface area contributed by atoms with Crippen LogP contribution in [0.3, 0.4) is 0 Å². The second-order valence-electron chi connectivity index (χ2n) is 3.28. The average Bonchev–Trinajstić information content (AvgIpc) is 2.23. The lowest BCUT2D eigenvalue weighted by Gasteiger charge is -2.08. The molecule has 0 amide bonds. The number of benzene rings is 1. The first-order valence-corrected chi connectivity index (χ1v) is 4.99. The van der Waals surface area contributed by atoms with Gasteiger partial charge in [-0.3, -0.25) is 4.99 Å². The van der Waals surface area contributed by atoms with Crippen LogP contribution in [0.2, 0.25) is 0 Å². The molecular formula is C11H16F2IN3. The van der Waals surface area contributed by atoms with Gasteiger partial charge in [-0.05, 0) is 24.1 Å². The van der Waals surface area contributed by atoms with Gasteiger partial charge in [0, 0.05) is 26.7 Å². The van der Waals surface area contributed by atoms with Crippen molar-refractivity contribution in [1.29, 1.82) is 0 Å². The molecule has 0 aromatic heterocycles. The molecule has 6 heteroatoms. The highest BCUT2D eigenvalue weighted by Gasteiger charge is 2.00. The van der Waals surface area contributed by atoms with Crippen LogP contribution in [0.4, 0.5) is 8.78 Å². The Kier molecular flexibility index (Phi) is 7.77. The van der Waals surface area contributed by atoms with E-state index in [0.29, 0.717) is 24.5 Å². The normalized spacial score (nSPS) is 10.7. The number of hydrogen-bond acceptors (Lipinski definition) is 1. The summed E-state index contributed by atoms with van der Waals surface area (Å²) >= 11 is 0. The molecule has 0 heterocycles. The molecule has 0 fully saturated rings. The first kappa shape index (κ1) is 16.1. The Morgan fingerprint density at radius 3 is 2.29 bits per heavy atom. The molecule has 0 saturated heterocycles. The zero-order chi connectivity index (χ0) is 12.0. The van der Waals surface area contributed by atoms with Gasteiger partial charge in [-0.15, -0.1) is 24.0 Å². The third-order valence-corrected chi connectivity index (χ3v) is 2.09. The molecule has 1 rings (SSSR count). The van der Waals surface area contributed by atoms with E-state index in [-0.39, 0.29) is 24.0 Å². The summed E-state index contributed by atoms with van der Waals surface area (Å²) in [6.45, 7) is 0.566. The molecule has 0 bridgehead atoms. The number of guanidine groups is 1. The van der Waals surface area contributed by atoms with Gasteiger partial charge in [0.15, 0.2) is 5.96 Å². The number of aliphatic imine (C=N–C) groups is 1. The van der Waals surface area contributed by atoms with E-state index in [1.807, 2.05) is 0 Å². The van der Waals surface area contributed by atoms with Gasteiger partial charge in [0.1, 0.15) is 11.6 Å². The molecule has 0 aliphatic rings. The first-order valence-electron chi connectivity index (χ1n) is 4.99. The zero-order valence-electron chi connectivity index (χ0n) is 9.76. The number of halogens is 3. The van der Waals surface area contributed by atoms with E-state index in [0.717, 1.165) is 6.07 Å². The van der Waals surface area contributed by atoms with E-state index in [1.54, 1.807) is 14.1 Å². The lowest BCUT2D eigenvalue weighted by molar-refractivity contribution is 0.579. The molecule has 0 aliphatic heterocycles. The van der Waals surface area contributed by atoms with Gasteiger partial charge < -0.3 is 10.6 Å². The quantitative estimate of drug-likeness (QED) is 0.494. The van der Waals surface area contributed by atoms with Crippen molar-refractivity contribution in [1.82, 2.24) is 10.6 Å². The highest BCUT2D eigenvalue weighted by atomic mass is 127. The van der Waals surface area contributed by atoms with Gasteiger partial charge in [-0.25, -0.2) is 8.78 Å². The predicted octanol–water partition coefficient (Wildman–Crippen LogP) is 1.92. The van der Waals surface area contributed by atoms with Gasteiger partial charge in [0.2, 0.25) is 0 Å². The van der Waals surface area contributed by atoms with E-state index in [4.69, 9.17) is 0 Å². The van der Waals surface area contributed by atoms with Crippen LogP contribution in [-0.2, 0) is 6.42 Å². The van der Waals surface area contributed by atoms with Crippen LogP contribution in [0.15, 0.2) is 23.2 Å². The van der Waals surface area contributed by atoms with Gasteiger partial charge in [-0.2, -0.15) is 0 Å². The number of nitrogens with zero attached hydrogens (tertiary/aromatic N) is 1. The molecule has 0 unspecified atom stereocenters. The summed E-state index contributed by atoms with van der Waals surface area (Å²) in [5.74, 6) is -0.446. The summed E-state index contributed by atoms with van der Waals surface area (Å²) in [6.07, 6.45) is 0.537. The maximum Gasteiger partial charge on any atom is 0.190 e. The van der Waals surface area contributed by atoms with Crippen LogP contribution in [-0.4, -0.2) is 26.6 Å². The van der Waals surface area contributed by atoms with Crippen molar-refractivity contribution in [2.75, 3.05) is 20.6 Å².